The van der Waals surface area contributed by atoms with Crippen LogP contribution in [-0.4, -0.2) is 28.3 Å². The van der Waals surface area contributed by atoms with E-state index in [1.165, 1.54) is 28.7 Å². The van der Waals surface area contributed by atoms with Gasteiger partial charge in [-0.05, 0) is 55.0 Å². The maximum atomic E-state index is 12.9. The van der Waals surface area contributed by atoms with Crippen LogP contribution in [0.5, 0.6) is 11.5 Å². The van der Waals surface area contributed by atoms with Gasteiger partial charge in [0.15, 0.2) is 5.82 Å². The number of halogens is 1. The molecule has 4 aromatic rings. The highest BCUT2D eigenvalue weighted by Crippen LogP contribution is 2.24. The minimum Gasteiger partial charge on any atom is -0.496 e. The molecule has 0 fully saturated rings. The van der Waals surface area contributed by atoms with Gasteiger partial charge < -0.3 is 9.47 Å². The Bertz CT molecular complexity index is 1300. The van der Waals surface area contributed by atoms with Crippen LogP contribution in [0, 0.1) is 0 Å². The van der Waals surface area contributed by atoms with Gasteiger partial charge in [-0.25, -0.2) is 0 Å². The fraction of sp³-hybridized carbons (Fsp3) is 0.261. The summed E-state index contributed by atoms with van der Waals surface area (Å²) in [6, 6.07) is 13.3. The van der Waals surface area contributed by atoms with Crippen LogP contribution in [0.25, 0.3) is 22.4 Å². The average molecular weight is 500 g/mol. The van der Waals surface area contributed by atoms with Gasteiger partial charge in [0.2, 0.25) is 4.96 Å². The minimum absolute atomic E-state index is 0.198. The highest BCUT2D eigenvalue weighted by molar-refractivity contribution is 9.10. The maximum absolute atomic E-state index is 12.9. The summed E-state index contributed by atoms with van der Waals surface area (Å²) in [7, 11) is 1.61. The molecule has 2 heterocycles. The molecular weight excluding hydrogens is 478 g/mol. The monoisotopic (exact) mass is 499 g/mol. The summed E-state index contributed by atoms with van der Waals surface area (Å²) in [5, 5.41) is 4.42. The molecule has 0 atom stereocenters. The molecule has 0 aliphatic rings. The summed E-state index contributed by atoms with van der Waals surface area (Å²) >= 11 is 4.76. The molecule has 0 saturated carbocycles. The molecule has 0 amide bonds. The van der Waals surface area contributed by atoms with Crippen molar-refractivity contribution in [3.8, 4) is 22.9 Å². The van der Waals surface area contributed by atoms with E-state index < -0.39 is 0 Å². The Hall–Kier alpha value is -2.71. The van der Waals surface area contributed by atoms with Crippen LogP contribution in [-0.2, 0) is 0 Å². The van der Waals surface area contributed by atoms with Crippen LogP contribution in [0.4, 0.5) is 0 Å². The van der Waals surface area contributed by atoms with E-state index in [0.29, 0.717) is 27.7 Å². The Morgan fingerprint density at radius 3 is 2.68 bits per heavy atom. The lowest BCUT2D eigenvalue weighted by Gasteiger charge is -2.05. The van der Waals surface area contributed by atoms with Crippen molar-refractivity contribution in [2.75, 3.05) is 13.7 Å². The third kappa shape index (κ3) is 4.80. The molecule has 0 unspecified atom stereocenters. The molecule has 8 heteroatoms. The molecule has 2 aromatic heterocycles. The fourth-order valence-corrected chi connectivity index (χ4v) is 4.44. The summed E-state index contributed by atoms with van der Waals surface area (Å²) in [6.45, 7) is 2.89. The van der Waals surface area contributed by atoms with Crippen molar-refractivity contribution in [1.29, 1.82) is 0 Å². The molecular formula is C23H22BrN3O3S. The largest absolute Gasteiger partial charge is 0.496 e. The van der Waals surface area contributed by atoms with E-state index in [9.17, 15) is 4.79 Å². The van der Waals surface area contributed by atoms with Crippen molar-refractivity contribution < 1.29 is 9.47 Å². The number of ether oxygens (including phenoxy) is 2. The Labute approximate surface area is 192 Å². The zero-order valence-electron chi connectivity index (χ0n) is 17.3. The third-order valence-electron chi connectivity index (χ3n) is 4.79. The highest BCUT2D eigenvalue weighted by Gasteiger charge is 2.13. The lowest BCUT2D eigenvalue weighted by molar-refractivity contribution is 0.306. The van der Waals surface area contributed by atoms with Crippen LogP contribution in [0.15, 0.2) is 51.7 Å². The number of nitrogens with zero attached hydrogens (tertiary/aromatic N) is 3. The van der Waals surface area contributed by atoms with E-state index >= 15 is 0 Å². The van der Waals surface area contributed by atoms with Crippen molar-refractivity contribution in [3.05, 3.63) is 67.4 Å². The SMILES string of the molecule is CCCCCOc1ccc(-c2nc3s/c(=C/c4cc(Br)ccc4OC)c(=O)n3n2)cc1. The zero-order chi connectivity index (χ0) is 21.8. The molecule has 31 heavy (non-hydrogen) atoms. The second-order valence-electron chi connectivity index (χ2n) is 7.01. The van der Waals surface area contributed by atoms with Gasteiger partial charge in [0.05, 0.1) is 18.2 Å². The van der Waals surface area contributed by atoms with Crippen LogP contribution in [0.3, 0.4) is 0 Å². The van der Waals surface area contributed by atoms with Gasteiger partial charge in [-0.15, -0.1) is 5.10 Å². The summed E-state index contributed by atoms with van der Waals surface area (Å²) in [4.78, 5) is 18.0. The lowest BCUT2D eigenvalue weighted by atomic mass is 10.2. The molecule has 0 N–H and O–H groups in total. The zero-order valence-corrected chi connectivity index (χ0v) is 19.7. The molecule has 0 radical (unpaired) electrons. The molecule has 0 aliphatic carbocycles. The summed E-state index contributed by atoms with van der Waals surface area (Å²) in [6.07, 6.45) is 5.19. The first-order chi connectivity index (χ1) is 15.1. The van der Waals surface area contributed by atoms with E-state index in [0.717, 1.165) is 27.8 Å². The van der Waals surface area contributed by atoms with Gasteiger partial charge in [0.25, 0.3) is 5.56 Å². The summed E-state index contributed by atoms with van der Waals surface area (Å²) < 4.78 is 14.0. The topological polar surface area (TPSA) is 65.7 Å². The number of aromatic nitrogens is 3. The van der Waals surface area contributed by atoms with E-state index in [1.54, 1.807) is 13.2 Å². The standard InChI is InChI=1S/C23H22BrN3O3S/c1-3-4-5-12-30-18-9-6-15(7-10-18)21-25-23-27(26-21)22(28)20(31-23)14-16-13-17(24)8-11-19(16)29-2/h6-11,13-14H,3-5,12H2,1-2H3/b20-14+. The van der Waals surface area contributed by atoms with Gasteiger partial charge in [0, 0.05) is 15.6 Å². The predicted octanol–water partition coefficient (Wildman–Crippen LogP) is 4.71. The van der Waals surface area contributed by atoms with E-state index in [-0.39, 0.29) is 5.56 Å². The maximum Gasteiger partial charge on any atom is 0.291 e. The van der Waals surface area contributed by atoms with Gasteiger partial charge in [-0.2, -0.15) is 9.50 Å². The van der Waals surface area contributed by atoms with Crippen molar-refractivity contribution >= 4 is 38.3 Å². The molecule has 0 aliphatic heterocycles. The lowest BCUT2D eigenvalue weighted by Crippen LogP contribution is -2.23. The normalized spacial score (nSPS) is 11.9. The molecule has 6 nitrogen and oxygen atoms in total. The predicted molar refractivity (Wildman–Crippen MR) is 127 cm³/mol. The first-order valence-electron chi connectivity index (χ1n) is 10.1. The van der Waals surface area contributed by atoms with Crippen LogP contribution < -0.4 is 19.6 Å². The Kier molecular flexibility index (Phi) is 6.67. The first kappa shape index (κ1) is 21.5. The van der Waals surface area contributed by atoms with Crippen molar-refractivity contribution in [2.24, 2.45) is 0 Å². The second kappa shape index (κ2) is 9.62. The number of unbranched alkanes of at least 4 members (excludes halogenated alkanes) is 2. The van der Waals surface area contributed by atoms with Gasteiger partial charge in [-0.3, -0.25) is 4.79 Å². The highest BCUT2D eigenvalue weighted by atomic mass is 79.9. The summed E-state index contributed by atoms with van der Waals surface area (Å²) in [5.41, 5.74) is 1.46. The van der Waals surface area contributed by atoms with Gasteiger partial charge in [0.1, 0.15) is 11.5 Å². The van der Waals surface area contributed by atoms with E-state index in [1.807, 2.05) is 42.5 Å². The summed E-state index contributed by atoms with van der Waals surface area (Å²) in [5.74, 6) is 2.04. The number of benzene rings is 2. The van der Waals surface area contributed by atoms with Crippen LogP contribution in [0.1, 0.15) is 31.7 Å². The minimum atomic E-state index is -0.198. The van der Waals surface area contributed by atoms with E-state index in [2.05, 4.69) is 32.9 Å². The number of hydrogen-bond donors (Lipinski definition) is 0. The fourth-order valence-electron chi connectivity index (χ4n) is 3.16. The third-order valence-corrected chi connectivity index (χ3v) is 6.24. The number of rotatable bonds is 8. The molecule has 0 bridgehead atoms. The first-order valence-corrected chi connectivity index (χ1v) is 11.7. The number of thiazole rings is 1. The van der Waals surface area contributed by atoms with Crippen molar-refractivity contribution in [3.63, 3.8) is 0 Å². The smallest absolute Gasteiger partial charge is 0.291 e. The number of methoxy groups -OCH3 is 1. The molecule has 160 valence electrons. The van der Waals surface area contributed by atoms with E-state index in [4.69, 9.17) is 9.47 Å². The quantitative estimate of drug-likeness (QED) is 0.328. The number of fused-ring (bicyclic) bond motifs is 1. The Morgan fingerprint density at radius 2 is 1.97 bits per heavy atom. The molecule has 4 rings (SSSR count). The van der Waals surface area contributed by atoms with Gasteiger partial charge in [-0.1, -0.05) is 47.0 Å². The molecule has 0 spiro atoms. The van der Waals surface area contributed by atoms with Crippen molar-refractivity contribution in [2.45, 2.75) is 26.2 Å². The van der Waals surface area contributed by atoms with Crippen molar-refractivity contribution in [1.82, 2.24) is 14.6 Å². The van der Waals surface area contributed by atoms with Gasteiger partial charge >= 0.3 is 0 Å². The average Bonchev–Trinajstić information content (AvgIpc) is 3.31. The second-order valence-corrected chi connectivity index (χ2v) is 8.94. The van der Waals surface area contributed by atoms with Crippen LogP contribution in [0.2, 0.25) is 0 Å². The Morgan fingerprint density at radius 1 is 1.16 bits per heavy atom. The number of hydrogen-bond acceptors (Lipinski definition) is 6. The Balaban J connectivity index is 1.60. The molecule has 0 saturated heterocycles. The molecule has 2 aromatic carbocycles. The van der Waals surface area contributed by atoms with Crippen LogP contribution >= 0.6 is 27.3 Å².